The maximum absolute atomic E-state index is 8.68. The fourth-order valence-electron chi connectivity index (χ4n) is 2.05. The van der Waals surface area contributed by atoms with Crippen LogP contribution in [0.3, 0.4) is 0 Å². The van der Waals surface area contributed by atoms with Gasteiger partial charge in [-0.1, -0.05) is 12.1 Å². The van der Waals surface area contributed by atoms with Crippen molar-refractivity contribution in [1.82, 2.24) is 0 Å². The van der Waals surface area contributed by atoms with E-state index in [1.54, 1.807) is 7.11 Å². The van der Waals surface area contributed by atoms with Gasteiger partial charge in [0.05, 0.1) is 26.4 Å². The second kappa shape index (κ2) is 4.54. The van der Waals surface area contributed by atoms with Gasteiger partial charge in [0.15, 0.2) is 0 Å². The van der Waals surface area contributed by atoms with Crippen LogP contribution in [0.2, 0.25) is 0 Å². The van der Waals surface area contributed by atoms with E-state index in [0.717, 1.165) is 12.2 Å². The largest absolute Gasteiger partial charge is 0.497 e. The number of rotatable bonds is 4. The van der Waals surface area contributed by atoms with Crippen molar-refractivity contribution in [3.63, 3.8) is 0 Å². The lowest BCUT2D eigenvalue weighted by Crippen LogP contribution is -2.46. The van der Waals surface area contributed by atoms with Crippen LogP contribution in [0.25, 0.3) is 0 Å². The SMILES string of the molecule is COc1cccc(C2(CCC#N)COC2)c1. The molecule has 3 heteroatoms. The topological polar surface area (TPSA) is 42.2 Å². The first-order chi connectivity index (χ1) is 7.80. The minimum absolute atomic E-state index is 0.0320. The Morgan fingerprint density at radius 3 is 2.88 bits per heavy atom. The molecule has 1 fully saturated rings. The molecule has 1 aromatic rings. The second-order valence-corrected chi connectivity index (χ2v) is 4.16. The highest BCUT2D eigenvalue weighted by molar-refractivity contribution is 5.35. The van der Waals surface area contributed by atoms with Crippen molar-refractivity contribution in [1.29, 1.82) is 5.26 Å². The lowest BCUT2D eigenvalue weighted by atomic mass is 9.75. The monoisotopic (exact) mass is 217 g/mol. The molecule has 0 saturated carbocycles. The zero-order valence-corrected chi connectivity index (χ0v) is 9.40. The summed E-state index contributed by atoms with van der Waals surface area (Å²) in [4.78, 5) is 0. The van der Waals surface area contributed by atoms with E-state index in [0.29, 0.717) is 19.6 Å². The van der Waals surface area contributed by atoms with Crippen LogP contribution >= 0.6 is 0 Å². The Bertz CT molecular complexity index is 405. The highest BCUT2D eigenvalue weighted by Gasteiger charge is 2.39. The molecule has 0 N–H and O–H groups in total. The summed E-state index contributed by atoms with van der Waals surface area (Å²) < 4.78 is 10.5. The molecule has 0 bridgehead atoms. The molecule has 0 radical (unpaired) electrons. The molecule has 1 aliphatic heterocycles. The maximum atomic E-state index is 8.68. The number of hydrogen-bond acceptors (Lipinski definition) is 3. The summed E-state index contributed by atoms with van der Waals surface area (Å²) in [6.45, 7) is 1.42. The Balaban J connectivity index is 2.22. The van der Waals surface area contributed by atoms with Gasteiger partial charge in [-0.25, -0.2) is 0 Å². The molecule has 0 unspecified atom stereocenters. The van der Waals surface area contributed by atoms with E-state index in [1.807, 2.05) is 18.2 Å². The molecular weight excluding hydrogens is 202 g/mol. The van der Waals surface area contributed by atoms with E-state index in [9.17, 15) is 0 Å². The average Bonchev–Trinajstić information content (AvgIpc) is 2.28. The van der Waals surface area contributed by atoms with Gasteiger partial charge < -0.3 is 9.47 Å². The third-order valence-corrected chi connectivity index (χ3v) is 3.15. The molecule has 0 atom stereocenters. The van der Waals surface area contributed by atoms with E-state index in [2.05, 4.69) is 12.1 Å². The van der Waals surface area contributed by atoms with Crippen LogP contribution < -0.4 is 4.74 Å². The molecule has 0 spiro atoms. The highest BCUT2D eigenvalue weighted by Crippen LogP contribution is 2.37. The van der Waals surface area contributed by atoms with Crippen molar-refractivity contribution in [2.45, 2.75) is 18.3 Å². The van der Waals surface area contributed by atoms with E-state index >= 15 is 0 Å². The summed E-state index contributed by atoms with van der Waals surface area (Å²) in [6, 6.07) is 10.2. The molecule has 3 nitrogen and oxygen atoms in total. The van der Waals surface area contributed by atoms with Crippen molar-refractivity contribution in [2.75, 3.05) is 20.3 Å². The van der Waals surface area contributed by atoms with Crippen molar-refractivity contribution >= 4 is 0 Å². The third-order valence-electron chi connectivity index (χ3n) is 3.15. The van der Waals surface area contributed by atoms with Gasteiger partial charge in [-0.15, -0.1) is 0 Å². The van der Waals surface area contributed by atoms with E-state index < -0.39 is 0 Å². The number of hydrogen-bond donors (Lipinski definition) is 0. The zero-order chi connectivity index (χ0) is 11.4. The fraction of sp³-hybridized carbons (Fsp3) is 0.462. The molecule has 1 aliphatic rings. The third kappa shape index (κ3) is 1.89. The van der Waals surface area contributed by atoms with Gasteiger partial charge in [0.25, 0.3) is 0 Å². The van der Waals surface area contributed by atoms with Crippen LogP contribution in [0.15, 0.2) is 24.3 Å². The number of nitrogens with zero attached hydrogens (tertiary/aromatic N) is 1. The Morgan fingerprint density at radius 2 is 2.31 bits per heavy atom. The fourth-order valence-corrected chi connectivity index (χ4v) is 2.05. The molecule has 0 aliphatic carbocycles. The van der Waals surface area contributed by atoms with Crippen LogP contribution in [0.1, 0.15) is 18.4 Å². The van der Waals surface area contributed by atoms with Crippen LogP contribution in [0, 0.1) is 11.3 Å². The maximum Gasteiger partial charge on any atom is 0.119 e. The normalized spacial score (nSPS) is 17.2. The van der Waals surface area contributed by atoms with Crippen LogP contribution in [-0.2, 0) is 10.2 Å². The summed E-state index contributed by atoms with van der Waals surface area (Å²) in [7, 11) is 1.67. The van der Waals surface area contributed by atoms with Crippen molar-refractivity contribution < 1.29 is 9.47 Å². The quantitative estimate of drug-likeness (QED) is 0.777. The Hall–Kier alpha value is -1.53. The smallest absolute Gasteiger partial charge is 0.119 e. The minimum atomic E-state index is 0.0320. The van der Waals surface area contributed by atoms with Gasteiger partial charge in [-0.2, -0.15) is 5.26 Å². The molecule has 1 saturated heterocycles. The number of benzene rings is 1. The van der Waals surface area contributed by atoms with E-state index in [4.69, 9.17) is 14.7 Å². The predicted octanol–water partition coefficient (Wildman–Crippen LogP) is 2.27. The van der Waals surface area contributed by atoms with Crippen LogP contribution in [0.4, 0.5) is 0 Å². The summed E-state index contributed by atoms with van der Waals surface area (Å²) in [6.07, 6.45) is 1.43. The average molecular weight is 217 g/mol. The van der Waals surface area contributed by atoms with Gasteiger partial charge in [0, 0.05) is 11.8 Å². The molecule has 1 aromatic carbocycles. The van der Waals surface area contributed by atoms with Crippen LogP contribution in [-0.4, -0.2) is 20.3 Å². The number of ether oxygens (including phenoxy) is 2. The zero-order valence-electron chi connectivity index (χ0n) is 9.40. The van der Waals surface area contributed by atoms with Crippen LogP contribution in [0.5, 0.6) is 5.75 Å². The summed E-state index contributed by atoms with van der Waals surface area (Å²) >= 11 is 0. The van der Waals surface area contributed by atoms with Crippen molar-refractivity contribution in [3.8, 4) is 11.8 Å². The molecular formula is C13H15NO2. The van der Waals surface area contributed by atoms with Gasteiger partial charge in [-0.3, -0.25) is 0 Å². The predicted molar refractivity (Wildman–Crippen MR) is 60.3 cm³/mol. The standard InChI is InChI=1S/C13H15NO2/c1-15-12-5-2-4-11(8-12)13(6-3-7-14)9-16-10-13/h2,4-5,8H,3,6,9-10H2,1H3. The number of methoxy groups -OCH3 is 1. The first-order valence-electron chi connectivity index (χ1n) is 5.40. The van der Waals surface area contributed by atoms with Crippen molar-refractivity contribution in [2.24, 2.45) is 0 Å². The van der Waals surface area contributed by atoms with Crippen molar-refractivity contribution in [3.05, 3.63) is 29.8 Å². The van der Waals surface area contributed by atoms with E-state index in [1.165, 1.54) is 5.56 Å². The Kier molecular flexibility index (Phi) is 3.12. The summed E-state index contributed by atoms with van der Waals surface area (Å²) in [5.74, 6) is 0.862. The summed E-state index contributed by atoms with van der Waals surface area (Å²) in [5.41, 5.74) is 1.25. The lowest BCUT2D eigenvalue weighted by molar-refractivity contribution is -0.0637. The Morgan fingerprint density at radius 1 is 1.50 bits per heavy atom. The number of nitriles is 1. The molecule has 0 amide bonds. The van der Waals surface area contributed by atoms with Gasteiger partial charge >= 0.3 is 0 Å². The lowest BCUT2D eigenvalue weighted by Gasteiger charge is -2.41. The molecule has 16 heavy (non-hydrogen) atoms. The van der Waals surface area contributed by atoms with Gasteiger partial charge in [-0.05, 0) is 24.1 Å². The molecule has 2 rings (SSSR count). The van der Waals surface area contributed by atoms with Gasteiger partial charge in [0.1, 0.15) is 5.75 Å². The second-order valence-electron chi connectivity index (χ2n) is 4.16. The van der Waals surface area contributed by atoms with E-state index in [-0.39, 0.29) is 5.41 Å². The first kappa shape index (κ1) is 11.0. The molecule has 0 aromatic heterocycles. The first-order valence-corrected chi connectivity index (χ1v) is 5.40. The van der Waals surface area contributed by atoms with Gasteiger partial charge in [0.2, 0.25) is 0 Å². The summed E-state index contributed by atoms with van der Waals surface area (Å²) in [5, 5.41) is 8.68. The Labute approximate surface area is 95.6 Å². The highest BCUT2D eigenvalue weighted by atomic mass is 16.5. The molecule has 84 valence electrons. The minimum Gasteiger partial charge on any atom is -0.497 e. The molecule has 1 heterocycles.